The molecule has 0 aliphatic carbocycles. The highest BCUT2D eigenvalue weighted by molar-refractivity contribution is 9.10. The smallest absolute Gasteiger partial charge is 0.314 e. The van der Waals surface area contributed by atoms with Crippen molar-refractivity contribution < 1.29 is 4.79 Å². The van der Waals surface area contributed by atoms with E-state index in [0.29, 0.717) is 5.13 Å². The van der Waals surface area contributed by atoms with Crippen molar-refractivity contribution in [3.63, 3.8) is 0 Å². The van der Waals surface area contributed by atoms with Crippen LogP contribution in [0, 0.1) is 0 Å². The van der Waals surface area contributed by atoms with Crippen molar-refractivity contribution in [3.05, 3.63) is 51.1 Å². The molecule has 120 valence electrons. The van der Waals surface area contributed by atoms with Crippen LogP contribution in [0.4, 0.5) is 9.93 Å². The molecule has 2 N–H and O–H groups in total. The summed E-state index contributed by atoms with van der Waals surface area (Å²) in [6.07, 6.45) is 4.40. The Bertz CT molecular complexity index is 743. The summed E-state index contributed by atoms with van der Waals surface area (Å²) in [6, 6.07) is 7.53. The first kappa shape index (κ1) is 16.2. The van der Waals surface area contributed by atoms with Gasteiger partial charge in [0.2, 0.25) is 0 Å². The number of anilines is 1. The number of fused-ring (bicyclic) bond motifs is 1. The minimum Gasteiger partial charge on any atom is -0.314 e. The molecule has 0 saturated heterocycles. The van der Waals surface area contributed by atoms with E-state index in [-0.39, 0.29) is 6.03 Å². The van der Waals surface area contributed by atoms with Crippen LogP contribution < -0.4 is 10.6 Å². The number of thiazole rings is 1. The third-order valence-corrected chi connectivity index (χ3v) is 5.25. The number of amides is 2. The number of hydrogen-bond acceptors (Lipinski definition) is 4. The van der Waals surface area contributed by atoms with E-state index in [4.69, 9.17) is 0 Å². The molecular formula is C16H17BrN4OS. The van der Waals surface area contributed by atoms with Crippen molar-refractivity contribution in [2.75, 3.05) is 18.9 Å². The zero-order valence-electron chi connectivity index (χ0n) is 12.7. The summed E-state index contributed by atoms with van der Waals surface area (Å²) in [7, 11) is 2.09. The maximum absolute atomic E-state index is 11.9. The Labute approximate surface area is 147 Å². The number of urea groups is 1. The first-order valence-electron chi connectivity index (χ1n) is 7.27. The number of carbonyl (C=O) groups is 1. The average molecular weight is 393 g/mol. The van der Waals surface area contributed by atoms with Gasteiger partial charge in [-0.2, -0.15) is 0 Å². The molecule has 0 saturated carbocycles. The molecule has 23 heavy (non-hydrogen) atoms. The van der Waals surface area contributed by atoms with E-state index >= 15 is 0 Å². The Morgan fingerprint density at radius 3 is 3.09 bits per heavy atom. The van der Waals surface area contributed by atoms with E-state index in [0.717, 1.165) is 35.2 Å². The maximum Gasteiger partial charge on any atom is 0.325 e. The molecule has 5 nitrogen and oxygen atoms in total. The fourth-order valence-corrected chi connectivity index (χ4v) is 3.83. The number of likely N-dealkylation sites (N-methyl/N-ethyl adjacent to an activating group) is 1. The van der Waals surface area contributed by atoms with Crippen LogP contribution in [0.5, 0.6) is 0 Å². The number of nitrogens with one attached hydrogen (secondary N) is 2. The zero-order valence-corrected chi connectivity index (χ0v) is 15.1. The van der Waals surface area contributed by atoms with Gasteiger partial charge in [0.1, 0.15) is 0 Å². The number of benzene rings is 1. The molecule has 1 aromatic carbocycles. The van der Waals surface area contributed by atoms with Gasteiger partial charge in [-0.3, -0.25) is 5.32 Å². The van der Waals surface area contributed by atoms with Crippen LogP contribution in [0.25, 0.3) is 6.08 Å². The molecule has 1 aromatic heterocycles. The predicted octanol–water partition coefficient (Wildman–Crippen LogP) is 3.69. The first-order valence-corrected chi connectivity index (χ1v) is 8.88. The normalized spacial score (nSPS) is 14.7. The van der Waals surface area contributed by atoms with E-state index in [1.807, 2.05) is 30.3 Å². The molecule has 0 bridgehead atoms. The first-order chi connectivity index (χ1) is 11.1. The van der Waals surface area contributed by atoms with Crippen LogP contribution in [0.15, 0.2) is 34.9 Å². The lowest BCUT2D eigenvalue weighted by Gasteiger charge is -2.20. The minimum atomic E-state index is -0.284. The molecule has 2 amide bonds. The lowest BCUT2D eigenvalue weighted by Crippen LogP contribution is -2.25. The summed E-state index contributed by atoms with van der Waals surface area (Å²) >= 11 is 5.01. The van der Waals surface area contributed by atoms with Gasteiger partial charge >= 0.3 is 6.03 Å². The Kier molecular flexibility index (Phi) is 5.09. The van der Waals surface area contributed by atoms with Gasteiger partial charge in [0.15, 0.2) is 5.13 Å². The summed E-state index contributed by atoms with van der Waals surface area (Å²) in [5.74, 6) is 0. The summed E-state index contributed by atoms with van der Waals surface area (Å²) in [5.41, 5.74) is 2.10. The lowest BCUT2D eigenvalue weighted by molar-refractivity contribution is 0.255. The number of hydrogen-bond donors (Lipinski definition) is 2. The number of carbonyl (C=O) groups excluding carboxylic acids is 1. The molecule has 1 aliphatic heterocycles. The summed E-state index contributed by atoms with van der Waals surface area (Å²) < 4.78 is 0.982. The number of aromatic nitrogens is 1. The topological polar surface area (TPSA) is 57.3 Å². The quantitative estimate of drug-likeness (QED) is 0.837. The Morgan fingerprint density at radius 2 is 2.26 bits per heavy atom. The molecule has 0 radical (unpaired) electrons. The highest BCUT2D eigenvalue weighted by atomic mass is 79.9. The third kappa shape index (κ3) is 4.19. The molecule has 0 atom stereocenters. The van der Waals surface area contributed by atoms with Crippen molar-refractivity contribution >= 4 is 44.5 Å². The molecule has 0 unspecified atom stereocenters. The zero-order chi connectivity index (χ0) is 16.2. The van der Waals surface area contributed by atoms with Gasteiger partial charge in [-0.1, -0.05) is 34.1 Å². The molecule has 0 fully saturated rings. The predicted molar refractivity (Wildman–Crippen MR) is 97.5 cm³/mol. The monoisotopic (exact) mass is 392 g/mol. The van der Waals surface area contributed by atoms with E-state index in [2.05, 4.69) is 43.5 Å². The molecule has 3 rings (SSSR count). The van der Waals surface area contributed by atoms with Gasteiger partial charge in [0.25, 0.3) is 0 Å². The molecule has 0 spiro atoms. The molecule has 1 aliphatic rings. The Morgan fingerprint density at radius 1 is 1.43 bits per heavy atom. The van der Waals surface area contributed by atoms with Crippen LogP contribution in [-0.4, -0.2) is 29.5 Å². The Balaban J connectivity index is 1.57. The number of nitrogens with zero attached hydrogens (tertiary/aromatic N) is 2. The highest BCUT2D eigenvalue weighted by Crippen LogP contribution is 2.27. The summed E-state index contributed by atoms with van der Waals surface area (Å²) in [5, 5.41) is 6.14. The van der Waals surface area contributed by atoms with Crippen molar-refractivity contribution in [1.29, 1.82) is 0 Å². The van der Waals surface area contributed by atoms with Crippen molar-refractivity contribution in [1.82, 2.24) is 15.2 Å². The standard InChI is InChI=1S/C16H17BrN4OS/c1-21-9-7-13-14(10-21)23-16(19-13)20-15(22)18-8-6-11-4-2-3-5-12(11)17/h2-6,8H,7,9-10H2,1H3,(H2,18,19,20,22)/b8-6+. The number of halogens is 1. The van der Waals surface area contributed by atoms with E-state index < -0.39 is 0 Å². The second-order valence-corrected chi connectivity index (χ2v) is 7.27. The second-order valence-electron chi connectivity index (χ2n) is 5.33. The van der Waals surface area contributed by atoms with E-state index in [1.54, 1.807) is 17.5 Å². The summed E-state index contributed by atoms with van der Waals surface area (Å²) in [4.78, 5) is 19.9. The van der Waals surface area contributed by atoms with Crippen LogP contribution in [0.1, 0.15) is 16.1 Å². The highest BCUT2D eigenvalue weighted by Gasteiger charge is 2.18. The van der Waals surface area contributed by atoms with Gasteiger partial charge in [-0.25, -0.2) is 9.78 Å². The van der Waals surface area contributed by atoms with E-state index in [9.17, 15) is 4.79 Å². The second kappa shape index (κ2) is 7.25. The van der Waals surface area contributed by atoms with Crippen LogP contribution in [-0.2, 0) is 13.0 Å². The van der Waals surface area contributed by atoms with Gasteiger partial charge in [-0.05, 0) is 24.8 Å². The fraction of sp³-hybridized carbons (Fsp3) is 0.250. The Hall–Kier alpha value is -1.70. The maximum atomic E-state index is 11.9. The lowest BCUT2D eigenvalue weighted by atomic mass is 10.2. The number of rotatable bonds is 3. The molecular weight excluding hydrogens is 376 g/mol. The van der Waals surface area contributed by atoms with Gasteiger partial charge in [-0.15, -0.1) is 11.3 Å². The molecule has 7 heteroatoms. The summed E-state index contributed by atoms with van der Waals surface area (Å²) in [6.45, 7) is 1.91. The molecule has 2 heterocycles. The van der Waals surface area contributed by atoms with Gasteiger partial charge < -0.3 is 10.2 Å². The largest absolute Gasteiger partial charge is 0.325 e. The van der Waals surface area contributed by atoms with Crippen LogP contribution >= 0.6 is 27.3 Å². The average Bonchev–Trinajstić information content (AvgIpc) is 2.90. The van der Waals surface area contributed by atoms with Gasteiger partial charge in [0, 0.05) is 35.1 Å². The minimum absolute atomic E-state index is 0.284. The van der Waals surface area contributed by atoms with E-state index in [1.165, 1.54) is 4.88 Å². The SMILES string of the molecule is CN1CCc2nc(NC(=O)N/C=C/c3ccccc3Br)sc2C1. The van der Waals surface area contributed by atoms with Crippen LogP contribution in [0.2, 0.25) is 0 Å². The van der Waals surface area contributed by atoms with Crippen molar-refractivity contribution in [3.8, 4) is 0 Å². The van der Waals surface area contributed by atoms with Crippen molar-refractivity contribution in [2.45, 2.75) is 13.0 Å². The fourth-order valence-electron chi connectivity index (χ4n) is 2.33. The van der Waals surface area contributed by atoms with Gasteiger partial charge in [0.05, 0.1) is 5.69 Å². The third-order valence-electron chi connectivity index (χ3n) is 3.53. The van der Waals surface area contributed by atoms with Crippen molar-refractivity contribution in [2.24, 2.45) is 0 Å². The van der Waals surface area contributed by atoms with Crippen LogP contribution in [0.3, 0.4) is 0 Å². The molecule has 2 aromatic rings.